The lowest BCUT2D eigenvalue weighted by atomic mass is 9.92. The monoisotopic (exact) mass is 216 g/mol. The van der Waals surface area contributed by atoms with Gasteiger partial charge in [0, 0.05) is 0 Å². The molecule has 0 aliphatic heterocycles. The first-order valence-electron chi connectivity index (χ1n) is 4.92. The number of hydrogen-bond acceptors (Lipinski definition) is 0. The van der Waals surface area contributed by atoms with Gasteiger partial charge in [-0.05, 0) is 37.0 Å². The molecule has 0 N–H and O–H groups in total. The maximum atomic E-state index is 12.7. The van der Waals surface area contributed by atoms with E-state index in [4.69, 9.17) is 0 Å². The topological polar surface area (TPSA) is 0 Å². The maximum absolute atomic E-state index is 12.7. The van der Waals surface area contributed by atoms with Crippen LogP contribution in [-0.2, 0) is 6.18 Å². The Kier molecular flexibility index (Phi) is 3.12. The lowest BCUT2D eigenvalue weighted by Crippen LogP contribution is -2.10. The summed E-state index contributed by atoms with van der Waals surface area (Å²) >= 11 is 0. The minimum atomic E-state index is -4.25. The van der Waals surface area contributed by atoms with Crippen molar-refractivity contribution in [2.75, 3.05) is 0 Å². The second-order valence-corrected chi connectivity index (χ2v) is 4.18. The molecule has 0 heterocycles. The van der Waals surface area contributed by atoms with Crippen LogP contribution in [0, 0.1) is 13.8 Å². The molecule has 0 radical (unpaired) electrons. The van der Waals surface area contributed by atoms with Gasteiger partial charge >= 0.3 is 6.18 Å². The minimum Gasteiger partial charge on any atom is -0.166 e. The van der Waals surface area contributed by atoms with Crippen molar-refractivity contribution in [3.63, 3.8) is 0 Å². The normalized spacial score (nSPS) is 12.3. The van der Waals surface area contributed by atoms with E-state index < -0.39 is 11.7 Å². The smallest absolute Gasteiger partial charge is 0.166 e. The predicted octanol–water partition coefficient (Wildman–Crippen LogP) is 4.45. The van der Waals surface area contributed by atoms with Crippen molar-refractivity contribution >= 4 is 0 Å². The minimum absolute atomic E-state index is 0.117. The van der Waals surface area contributed by atoms with Gasteiger partial charge in [-0.3, -0.25) is 0 Å². The number of halogens is 3. The third-order valence-electron chi connectivity index (χ3n) is 2.52. The third kappa shape index (κ3) is 2.52. The van der Waals surface area contributed by atoms with Gasteiger partial charge in [0.05, 0.1) is 5.56 Å². The van der Waals surface area contributed by atoms with E-state index in [0.717, 1.165) is 5.56 Å². The highest BCUT2D eigenvalue weighted by Gasteiger charge is 2.33. The average molecular weight is 216 g/mol. The Morgan fingerprint density at radius 2 is 1.60 bits per heavy atom. The lowest BCUT2D eigenvalue weighted by molar-refractivity contribution is -0.138. The number of alkyl halides is 3. The highest BCUT2D eigenvalue weighted by Crippen LogP contribution is 2.35. The van der Waals surface area contributed by atoms with E-state index in [9.17, 15) is 13.2 Å². The van der Waals surface area contributed by atoms with Crippen LogP contribution in [-0.4, -0.2) is 0 Å². The predicted molar refractivity (Wildman–Crippen MR) is 55.0 cm³/mol. The summed E-state index contributed by atoms with van der Waals surface area (Å²) in [6.45, 7) is 7.04. The molecule has 0 spiro atoms. The molecule has 0 aliphatic carbocycles. The third-order valence-corrected chi connectivity index (χ3v) is 2.52. The summed E-state index contributed by atoms with van der Waals surface area (Å²) in [4.78, 5) is 0. The molecule has 0 bridgehead atoms. The van der Waals surface area contributed by atoms with Gasteiger partial charge in [-0.1, -0.05) is 25.5 Å². The van der Waals surface area contributed by atoms with Crippen LogP contribution in [0.3, 0.4) is 0 Å². The Bertz CT molecular complexity index is 362. The molecule has 0 saturated carbocycles. The van der Waals surface area contributed by atoms with Gasteiger partial charge in [0.25, 0.3) is 0 Å². The molecule has 84 valence electrons. The highest BCUT2D eigenvalue weighted by molar-refractivity contribution is 5.41. The summed E-state index contributed by atoms with van der Waals surface area (Å²) in [7, 11) is 0. The molecule has 0 aromatic heterocycles. The van der Waals surface area contributed by atoms with Crippen LogP contribution in [0.1, 0.15) is 42.0 Å². The first-order valence-corrected chi connectivity index (χ1v) is 4.92. The van der Waals surface area contributed by atoms with Crippen molar-refractivity contribution in [2.24, 2.45) is 0 Å². The molecule has 0 saturated heterocycles. The van der Waals surface area contributed by atoms with E-state index in [0.29, 0.717) is 11.1 Å². The molecule has 0 aliphatic rings. The van der Waals surface area contributed by atoms with Crippen molar-refractivity contribution in [2.45, 2.75) is 39.8 Å². The Balaban J connectivity index is 3.42. The summed E-state index contributed by atoms with van der Waals surface area (Å²) in [5, 5.41) is 0. The van der Waals surface area contributed by atoms with Crippen LogP contribution in [0.4, 0.5) is 13.2 Å². The van der Waals surface area contributed by atoms with Crippen molar-refractivity contribution in [1.29, 1.82) is 0 Å². The summed E-state index contributed by atoms with van der Waals surface area (Å²) in [5.74, 6) is 0.117. The first-order chi connectivity index (χ1) is 6.73. The van der Waals surface area contributed by atoms with Crippen molar-refractivity contribution < 1.29 is 13.2 Å². The fraction of sp³-hybridized carbons (Fsp3) is 0.500. The largest absolute Gasteiger partial charge is 0.416 e. The van der Waals surface area contributed by atoms with E-state index in [-0.39, 0.29) is 5.92 Å². The molecule has 3 heteroatoms. The van der Waals surface area contributed by atoms with E-state index >= 15 is 0 Å². The van der Waals surface area contributed by atoms with Gasteiger partial charge in [0.15, 0.2) is 0 Å². The molecule has 1 aromatic carbocycles. The molecule has 0 fully saturated rings. The molecule has 0 nitrogen and oxygen atoms in total. The summed E-state index contributed by atoms with van der Waals surface area (Å²) in [6, 6.07) is 3.04. The lowest BCUT2D eigenvalue weighted by Gasteiger charge is -2.17. The van der Waals surface area contributed by atoms with Gasteiger partial charge in [0.1, 0.15) is 0 Å². The average Bonchev–Trinajstić information content (AvgIpc) is 2.06. The summed E-state index contributed by atoms with van der Waals surface area (Å²) < 4.78 is 38.0. The standard InChI is InChI=1S/C12H15F3/c1-7(2)10-5-8(3)6-11(9(10)4)12(13,14)15/h5-7H,1-4H3. The van der Waals surface area contributed by atoms with Gasteiger partial charge in [-0.2, -0.15) is 13.2 Å². The van der Waals surface area contributed by atoms with Crippen molar-refractivity contribution in [3.8, 4) is 0 Å². The van der Waals surface area contributed by atoms with Gasteiger partial charge < -0.3 is 0 Å². The second-order valence-electron chi connectivity index (χ2n) is 4.18. The Morgan fingerprint density at radius 3 is 2.00 bits per heavy atom. The van der Waals surface area contributed by atoms with Gasteiger partial charge in [-0.15, -0.1) is 0 Å². The fourth-order valence-corrected chi connectivity index (χ4v) is 1.78. The van der Waals surface area contributed by atoms with Crippen molar-refractivity contribution in [3.05, 3.63) is 34.4 Å². The molecular weight excluding hydrogens is 201 g/mol. The zero-order valence-electron chi connectivity index (χ0n) is 9.37. The molecule has 1 rings (SSSR count). The number of benzene rings is 1. The molecule has 0 atom stereocenters. The fourth-order valence-electron chi connectivity index (χ4n) is 1.78. The molecule has 0 amide bonds. The Hall–Kier alpha value is -0.990. The summed E-state index contributed by atoms with van der Waals surface area (Å²) in [5.41, 5.74) is 1.29. The zero-order chi connectivity index (χ0) is 11.8. The number of aryl methyl sites for hydroxylation is 1. The van der Waals surface area contributed by atoms with Crippen LogP contribution in [0.15, 0.2) is 12.1 Å². The summed E-state index contributed by atoms with van der Waals surface area (Å²) in [6.07, 6.45) is -4.25. The van der Waals surface area contributed by atoms with Crippen LogP contribution in [0.5, 0.6) is 0 Å². The zero-order valence-corrected chi connectivity index (χ0v) is 9.37. The quantitative estimate of drug-likeness (QED) is 0.650. The van der Waals surface area contributed by atoms with Crippen LogP contribution in [0.2, 0.25) is 0 Å². The van der Waals surface area contributed by atoms with E-state index in [1.54, 1.807) is 6.92 Å². The van der Waals surface area contributed by atoms with E-state index in [1.165, 1.54) is 13.0 Å². The van der Waals surface area contributed by atoms with Crippen LogP contribution in [0.25, 0.3) is 0 Å². The molecule has 15 heavy (non-hydrogen) atoms. The molecule has 1 aromatic rings. The van der Waals surface area contributed by atoms with Crippen LogP contribution >= 0.6 is 0 Å². The van der Waals surface area contributed by atoms with Crippen LogP contribution < -0.4 is 0 Å². The Labute approximate surface area is 88.1 Å². The van der Waals surface area contributed by atoms with E-state index in [1.807, 2.05) is 19.9 Å². The number of hydrogen-bond donors (Lipinski definition) is 0. The van der Waals surface area contributed by atoms with Gasteiger partial charge in [0.2, 0.25) is 0 Å². The van der Waals surface area contributed by atoms with E-state index in [2.05, 4.69) is 0 Å². The van der Waals surface area contributed by atoms with Crippen molar-refractivity contribution in [1.82, 2.24) is 0 Å². The first kappa shape index (κ1) is 12.1. The Morgan fingerprint density at radius 1 is 1.07 bits per heavy atom. The second kappa shape index (κ2) is 3.87. The SMILES string of the molecule is Cc1cc(C(C)C)c(C)c(C(F)(F)F)c1. The molecular formula is C12H15F3. The highest BCUT2D eigenvalue weighted by atomic mass is 19.4. The number of rotatable bonds is 1. The van der Waals surface area contributed by atoms with Gasteiger partial charge in [-0.25, -0.2) is 0 Å². The molecule has 0 unspecified atom stereocenters. The maximum Gasteiger partial charge on any atom is 0.416 e.